The van der Waals surface area contributed by atoms with Gasteiger partial charge in [-0.2, -0.15) is 0 Å². The van der Waals surface area contributed by atoms with E-state index in [1.165, 1.54) is 12.1 Å². The second kappa shape index (κ2) is 6.27. The van der Waals surface area contributed by atoms with Gasteiger partial charge < -0.3 is 9.88 Å². The molecule has 2 aromatic carbocycles. The van der Waals surface area contributed by atoms with Crippen molar-refractivity contribution in [3.8, 4) is 0 Å². The average molecular weight is 353 g/mol. The Bertz CT molecular complexity index is 1020. The Morgan fingerprint density at radius 1 is 1.23 bits per heavy atom. The Kier molecular flexibility index (Phi) is 3.93. The molecule has 2 heterocycles. The lowest BCUT2D eigenvalue weighted by Crippen LogP contribution is -2.32. The number of nitrogens with zero attached hydrogens (tertiary/aromatic N) is 1. The molecule has 0 bridgehead atoms. The van der Waals surface area contributed by atoms with Crippen LogP contribution in [0.3, 0.4) is 0 Å². The number of aromatic nitrogens is 1. The van der Waals surface area contributed by atoms with E-state index in [0.29, 0.717) is 36.0 Å². The molecule has 7 heteroatoms. The van der Waals surface area contributed by atoms with Gasteiger partial charge in [0.15, 0.2) is 0 Å². The van der Waals surface area contributed by atoms with Crippen LogP contribution in [0, 0.1) is 5.82 Å². The minimum absolute atomic E-state index is 0.185. The number of halogens is 1. The first kappa shape index (κ1) is 16.3. The number of benzene rings is 2. The van der Waals surface area contributed by atoms with Crippen LogP contribution < -0.4 is 10.8 Å². The Balaban J connectivity index is 1.79. The predicted molar refractivity (Wildman–Crippen MR) is 92.7 cm³/mol. The van der Waals surface area contributed by atoms with Crippen LogP contribution in [0.15, 0.2) is 42.5 Å². The lowest BCUT2D eigenvalue weighted by Gasteiger charge is -2.17. The summed E-state index contributed by atoms with van der Waals surface area (Å²) in [6, 6.07) is 11.3. The third kappa shape index (κ3) is 2.62. The molecule has 0 fully saturated rings. The smallest absolute Gasteiger partial charge is 0.274 e. The molecule has 0 aliphatic carbocycles. The highest BCUT2D eigenvalue weighted by molar-refractivity contribution is 6.09. The summed E-state index contributed by atoms with van der Waals surface area (Å²) in [4.78, 5) is 23.7. The summed E-state index contributed by atoms with van der Waals surface area (Å²) in [5, 5.41) is 12.1. The number of hydroxylamine groups is 1. The summed E-state index contributed by atoms with van der Waals surface area (Å²) in [6.07, 6.45) is 0.669. The number of carbonyl (C=O) groups excluding carboxylic acids is 2. The summed E-state index contributed by atoms with van der Waals surface area (Å²) in [6.45, 7) is 1.03. The summed E-state index contributed by atoms with van der Waals surface area (Å²) < 4.78 is 15.7. The van der Waals surface area contributed by atoms with Crippen molar-refractivity contribution >= 4 is 22.7 Å². The van der Waals surface area contributed by atoms with Crippen molar-refractivity contribution in [3.63, 3.8) is 0 Å². The van der Waals surface area contributed by atoms with Crippen molar-refractivity contribution in [3.05, 3.63) is 70.7 Å². The molecule has 1 aliphatic heterocycles. The molecule has 1 aliphatic rings. The van der Waals surface area contributed by atoms with Crippen molar-refractivity contribution in [2.75, 3.05) is 6.54 Å². The van der Waals surface area contributed by atoms with Crippen LogP contribution in [0.2, 0.25) is 0 Å². The van der Waals surface area contributed by atoms with Gasteiger partial charge in [0.2, 0.25) is 0 Å². The number of carbonyl (C=O) groups is 2. The summed E-state index contributed by atoms with van der Waals surface area (Å²) in [5.41, 5.74) is 5.08. The zero-order valence-electron chi connectivity index (χ0n) is 13.8. The Morgan fingerprint density at radius 2 is 2.00 bits per heavy atom. The fourth-order valence-electron chi connectivity index (χ4n) is 3.47. The quantitative estimate of drug-likeness (QED) is 0.499. The van der Waals surface area contributed by atoms with Crippen LogP contribution in [0.25, 0.3) is 10.9 Å². The lowest BCUT2D eigenvalue weighted by atomic mass is 10.1. The lowest BCUT2D eigenvalue weighted by molar-refractivity contribution is 0.0706. The molecule has 1 aromatic heterocycles. The molecule has 3 aromatic rings. The van der Waals surface area contributed by atoms with Crippen molar-refractivity contribution in [2.45, 2.75) is 13.0 Å². The number of nitrogens with one attached hydrogen (secondary N) is 2. The second-order valence-electron chi connectivity index (χ2n) is 6.21. The Labute approximate surface area is 148 Å². The van der Waals surface area contributed by atoms with Crippen LogP contribution >= 0.6 is 0 Å². The van der Waals surface area contributed by atoms with E-state index in [1.807, 2.05) is 4.57 Å². The van der Waals surface area contributed by atoms with E-state index in [9.17, 15) is 14.0 Å². The number of amides is 2. The van der Waals surface area contributed by atoms with Crippen LogP contribution in [0.5, 0.6) is 0 Å². The summed E-state index contributed by atoms with van der Waals surface area (Å²) >= 11 is 0. The Morgan fingerprint density at radius 3 is 2.73 bits per heavy atom. The first-order valence-corrected chi connectivity index (χ1v) is 8.20. The van der Waals surface area contributed by atoms with Gasteiger partial charge in [-0.1, -0.05) is 12.1 Å². The van der Waals surface area contributed by atoms with Gasteiger partial charge in [-0.15, -0.1) is 0 Å². The molecule has 6 nitrogen and oxygen atoms in total. The van der Waals surface area contributed by atoms with E-state index in [2.05, 4.69) is 5.32 Å². The van der Waals surface area contributed by atoms with Crippen molar-refractivity contribution < 1.29 is 19.2 Å². The van der Waals surface area contributed by atoms with Gasteiger partial charge in [0.1, 0.15) is 5.82 Å². The number of hydrogen-bond acceptors (Lipinski definition) is 3. The molecule has 0 atom stereocenters. The summed E-state index contributed by atoms with van der Waals surface area (Å²) in [7, 11) is 0. The van der Waals surface area contributed by atoms with E-state index in [4.69, 9.17) is 5.21 Å². The number of rotatable bonds is 3. The molecule has 132 valence electrons. The SMILES string of the molecule is O=C(NO)c1ccc(Cn2c3c(c4cc(F)ccc42)C(=O)NCC3)cc1. The minimum Gasteiger partial charge on any atom is -0.352 e. The maximum absolute atomic E-state index is 13.7. The van der Waals surface area contributed by atoms with Crippen LogP contribution in [-0.2, 0) is 13.0 Å². The summed E-state index contributed by atoms with van der Waals surface area (Å²) in [5.74, 6) is -1.14. The molecule has 0 saturated carbocycles. The third-order valence-corrected chi connectivity index (χ3v) is 4.67. The van der Waals surface area contributed by atoms with Gasteiger partial charge in [0.05, 0.1) is 5.56 Å². The highest BCUT2D eigenvalue weighted by Crippen LogP contribution is 2.30. The first-order valence-electron chi connectivity index (χ1n) is 8.20. The fourth-order valence-corrected chi connectivity index (χ4v) is 3.47. The molecule has 0 spiro atoms. The van der Waals surface area contributed by atoms with Crippen molar-refractivity contribution in [2.24, 2.45) is 0 Å². The van der Waals surface area contributed by atoms with Gasteiger partial charge in [0.25, 0.3) is 11.8 Å². The monoisotopic (exact) mass is 353 g/mol. The zero-order valence-corrected chi connectivity index (χ0v) is 13.8. The average Bonchev–Trinajstić information content (AvgIpc) is 2.96. The molecule has 0 unspecified atom stereocenters. The third-order valence-electron chi connectivity index (χ3n) is 4.67. The normalized spacial score (nSPS) is 13.4. The van der Waals surface area contributed by atoms with E-state index in [-0.39, 0.29) is 11.7 Å². The second-order valence-corrected chi connectivity index (χ2v) is 6.21. The van der Waals surface area contributed by atoms with Crippen LogP contribution in [0.1, 0.15) is 32.0 Å². The van der Waals surface area contributed by atoms with E-state index >= 15 is 0 Å². The molecule has 0 radical (unpaired) electrons. The highest BCUT2D eigenvalue weighted by atomic mass is 19.1. The molecular weight excluding hydrogens is 337 g/mol. The molecule has 26 heavy (non-hydrogen) atoms. The van der Waals surface area contributed by atoms with E-state index < -0.39 is 5.91 Å². The molecular formula is C19H16FN3O3. The minimum atomic E-state index is -0.576. The van der Waals surface area contributed by atoms with Gasteiger partial charge in [-0.05, 0) is 35.9 Å². The maximum Gasteiger partial charge on any atom is 0.274 e. The maximum atomic E-state index is 13.7. The first-order chi connectivity index (χ1) is 12.6. The van der Waals surface area contributed by atoms with Crippen LogP contribution in [0.4, 0.5) is 4.39 Å². The van der Waals surface area contributed by atoms with Crippen LogP contribution in [-0.4, -0.2) is 28.1 Å². The molecule has 0 saturated heterocycles. The van der Waals surface area contributed by atoms with Gasteiger partial charge in [0, 0.05) is 41.7 Å². The van der Waals surface area contributed by atoms with Gasteiger partial charge in [-0.25, -0.2) is 9.87 Å². The highest BCUT2D eigenvalue weighted by Gasteiger charge is 2.25. The van der Waals surface area contributed by atoms with Gasteiger partial charge in [-0.3, -0.25) is 14.8 Å². The number of fused-ring (bicyclic) bond motifs is 3. The molecule has 3 N–H and O–H groups in total. The van der Waals surface area contributed by atoms with E-state index in [1.54, 1.807) is 35.8 Å². The molecule has 2 amide bonds. The number of hydrogen-bond donors (Lipinski definition) is 3. The fraction of sp³-hybridized carbons (Fsp3) is 0.158. The van der Waals surface area contributed by atoms with Crippen molar-refractivity contribution in [1.29, 1.82) is 0 Å². The van der Waals surface area contributed by atoms with Gasteiger partial charge >= 0.3 is 0 Å². The Hall–Kier alpha value is -3.19. The van der Waals surface area contributed by atoms with E-state index in [0.717, 1.165) is 16.8 Å². The topological polar surface area (TPSA) is 83.4 Å². The standard InChI is InChI=1S/C19H16FN3O3/c20-13-5-6-15-14(9-13)17-16(7-8-21-19(17)25)23(15)10-11-1-3-12(4-2-11)18(24)22-26/h1-6,9,26H,7-8,10H2,(H,21,25)(H,22,24). The van der Waals surface area contributed by atoms with Crippen molar-refractivity contribution in [1.82, 2.24) is 15.4 Å². The molecule has 4 rings (SSSR count). The predicted octanol–water partition coefficient (Wildman–Crippen LogP) is 2.23. The zero-order chi connectivity index (χ0) is 18.3. The largest absolute Gasteiger partial charge is 0.352 e.